The summed E-state index contributed by atoms with van der Waals surface area (Å²) in [6.45, 7) is 8.65. The molecule has 30 heavy (non-hydrogen) atoms. The summed E-state index contributed by atoms with van der Waals surface area (Å²) in [6.07, 6.45) is 11.2. The van der Waals surface area contributed by atoms with Crippen LogP contribution in [0.5, 0.6) is 0 Å². The molecule has 0 radical (unpaired) electrons. The predicted octanol–water partition coefficient (Wildman–Crippen LogP) is 5.19. The molecule has 4 nitrogen and oxygen atoms in total. The van der Waals surface area contributed by atoms with Crippen LogP contribution in [0.15, 0.2) is 39.3 Å². The highest BCUT2D eigenvalue weighted by Gasteiger charge is 2.66. The summed E-state index contributed by atoms with van der Waals surface area (Å²) in [5.41, 5.74) is 1.45. The standard InChI is InChI=1S/C24H32O4.C2H6/c1-22-10-7-17(25)13-16(22)4-5-20-19(22)8-11-23(2)18(9-12-24(20,23)27)15-3-6-21(26)28-14-15;1-2/h3,6,13-14,17-20,25,27H,4-5,7-12H2,1-2H3;1-2H3/t17-,18+,19?,20?,22-,23?,24-;/m0./s1. The summed E-state index contributed by atoms with van der Waals surface area (Å²) < 4.78 is 5.16. The molecule has 4 heteroatoms. The van der Waals surface area contributed by atoms with Crippen LogP contribution in [0, 0.1) is 22.7 Å². The van der Waals surface area contributed by atoms with Gasteiger partial charge in [-0.1, -0.05) is 39.3 Å². The van der Waals surface area contributed by atoms with Gasteiger partial charge in [0.1, 0.15) is 0 Å². The summed E-state index contributed by atoms with van der Waals surface area (Å²) in [5, 5.41) is 22.3. The van der Waals surface area contributed by atoms with E-state index in [1.165, 1.54) is 11.6 Å². The van der Waals surface area contributed by atoms with E-state index < -0.39 is 5.60 Å². The summed E-state index contributed by atoms with van der Waals surface area (Å²) in [4.78, 5) is 11.4. The Balaban J connectivity index is 0.00000106. The third kappa shape index (κ3) is 2.97. The van der Waals surface area contributed by atoms with Crippen LogP contribution < -0.4 is 5.63 Å². The van der Waals surface area contributed by atoms with Crippen molar-refractivity contribution in [1.82, 2.24) is 0 Å². The number of rotatable bonds is 1. The molecule has 166 valence electrons. The molecule has 1 heterocycles. The molecule has 1 aromatic rings. The third-order valence-electron chi connectivity index (χ3n) is 9.40. The highest BCUT2D eigenvalue weighted by Crippen LogP contribution is 2.70. The molecule has 5 rings (SSSR count). The van der Waals surface area contributed by atoms with Crippen LogP contribution in [0.1, 0.15) is 90.5 Å². The fourth-order valence-electron chi connectivity index (χ4n) is 7.78. The first kappa shape index (κ1) is 21.8. The van der Waals surface area contributed by atoms with E-state index in [9.17, 15) is 15.0 Å². The van der Waals surface area contributed by atoms with E-state index in [1.807, 2.05) is 19.9 Å². The highest BCUT2D eigenvalue weighted by molar-refractivity contribution is 5.31. The van der Waals surface area contributed by atoms with Gasteiger partial charge in [0.2, 0.25) is 0 Å². The van der Waals surface area contributed by atoms with Gasteiger partial charge in [-0.3, -0.25) is 0 Å². The Morgan fingerprint density at radius 2 is 1.77 bits per heavy atom. The Bertz CT molecular complexity index is 852. The van der Waals surface area contributed by atoms with E-state index >= 15 is 0 Å². The van der Waals surface area contributed by atoms with Crippen molar-refractivity contribution in [2.75, 3.05) is 0 Å². The van der Waals surface area contributed by atoms with Crippen molar-refractivity contribution < 1.29 is 14.6 Å². The fraction of sp³-hybridized carbons (Fsp3) is 0.731. The van der Waals surface area contributed by atoms with Crippen molar-refractivity contribution in [3.05, 3.63) is 46.0 Å². The van der Waals surface area contributed by atoms with Crippen molar-refractivity contribution in [3.63, 3.8) is 0 Å². The zero-order valence-electron chi connectivity index (χ0n) is 19.0. The third-order valence-corrected chi connectivity index (χ3v) is 9.40. The van der Waals surface area contributed by atoms with E-state index in [2.05, 4.69) is 19.9 Å². The smallest absolute Gasteiger partial charge is 0.335 e. The van der Waals surface area contributed by atoms with Crippen LogP contribution in [-0.4, -0.2) is 21.9 Å². The largest absolute Gasteiger partial charge is 0.431 e. The van der Waals surface area contributed by atoms with Gasteiger partial charge in [0.15, 0.2) is 0 Å². The Morgan fingerprint density at radius 3 is 2.47 bits per heavy atom. The summed E-state index contributed by atoms with van der Waals surface area (Å²) in [6, 6.07) is 3.40. The van der Waals surface area contributed by atoms with Gasteiger partial charge in [-0.15, -0.1) is 0 Å². The lowest BCUT2D eigenvalue weighted by atomic mass is 9.45. The number of hydrogen-bond acceptors (Lipinski definition) is 4. The molecule has 3 saturated carbocycles. The lowest BCUT2D eigenvalue weighted by Gasteiger charge is -2.61. The number of aliphatic hydroxyl groups is 2. The maximum absolute atomic E-state index is 12.1. The molecule has 7 atom stereocenters. The van der Waals surface area contributed by atoms with Gasteiger partial charge in [0.05, 0.1) is 18.0 Å². The molecule has 0 bridgehead atoms. The highest BCUT2D eigenvalue weighted by atomic mass is 16.4. The molecule has 0 spiro atoms. The molecule has 3 fully saturated rings. The van der Waals surface area contributed by atoms with Crippen LogP contribution in [0.25, 0.3) is 0 Å². The van der Waals surface area contributed by atoms with Gasteiger partial charge in [0, 0.05) is 11.5 Å². The Kier molecular flexibility index (Phi) is 5.55. The lowest BCUT2D eigenvalue weighted by Crippen LogP contribution is -2.60. The maximum Gasteiger partial charge on any atom is 0.335 e. The molecule has 0 aromatic carbocycles. The first-order valence-corrected chi connectivity index (χ1v) is 12.0. The first-order chi connectivity index (χ1) is 14.3. The summed E-state index contributed by atoms with van der Waals surface area (Å²) in [7, 11) is 0. The van der Waals surface area contributed by atoms with Crippen LogP contribution in [-0.2, 0) is 0 Å². The lowest BCUT2D eigenvalue weighted by molar-refractivity contribution is -0.178. The van der Waals surface area contributed by atoms with E-state index in [0.29, 0.717) is 11.8 Å². The van der Waals surface area contributed by atoms with E-state index in [1.54, 1.807) is 6.26 Å². The minimum absolute atomic E-state index is 0.122. The van der Waals surface area contributed by atoms with Crippen LogP contribution in [0.2, 0.25) is 0 Å². The minimum atomic E-state index is -0.665. The predicted molar refractivity (Wildman–Crippen MR) is 118 cm³/mol. The topological polar surface area (TPSA) is 70.7 Å². The van der Waals surface area contributed by atoms with Crippen LogP contribution >= 0.6 is 0 Å². The molecule has 2 N–H and O–H groups in total. The average molecular weight is 415 g/mol. The zero-order chi connectivity index (χ0) is 21.7. The summed E-state index contributed by atoms with van der Waals surface area (Å²) in [5.74, 6) is 1.04. The number of aliphatic hydroxyl groups excluding tert-OH is 1. The first-order valence-electron chi connectivity index (χ1n) is 12.0. The second kappa shape index (κ2) is 7.63. The van der Waals surface area contributed by atoms with Crippen molar-refractivity contribution >= 4 is 0 Å². The Labute approximate surface area is 180 Å². The molecule has 4 aliphatic carbocycles. The molecular weight excluding hydrogens is 376 g/mol. The minimum Gasteiger partial charge on any atom is -0.431 e. The second-order valence-corrected chi connectivity index (χ2v) is 10.3. The van der Waals surface area contributed by atoms with Gasteiger partial charge < -0.3 is 14.6 Å². The summed E-state index contributed by atoms with van der Waals surface area (Å²) >= 11 is 0. The average Bonchev–Trinajstić information content (AvgIpc) is 3.02. The monoisotopic (exact) mass is 414 g/mol. The van der Waals surface area contributed by atoms with Crippen molar-refractivity contribution in [3.8, 4) is 0 Å². The SMILES string of the molecule is CC.CC12CCC3C(CCC4=C[C@@H](O)CC[C@@]43C)[C@@]1(O)CC[C@@H]2c1ccc(=O)oc1. The molecule has 0 aliphatic heterocycles. The van der Waals surface area contributed by atoms with E-state index in [0.717, 1.165) is 56.9 Å². The number of hydrogen-bond donors (Lipinski definition) is 2. The van der Waals surface area contributed by atoms with E-state index in [4.69, 9.17) is 4.42 Å². The van der Waals surface area contributed by atoms with Crippen LogP contribution in [0.4, 0.5) is 0 Å². The van der Waals surface area contributed by atoms with Gasteiger partial charge in [-0.25, -0.2) is 4.79 Å². The maximum atomic E-state index is 12.1. The van der Waals surface area contributed by atoms with Crippen LogP contribution in [0.3, 0.4) is 0 Å². The van der Waals surface area contributed by atoms with Crippen molar-refractivity contribution in [2.45, 2.75) is 96.7 Å². The van der Waals surface area contributed by atoms with E-state index in [-0.39, 0.29) is 28.5 Å². The van der Waals surface area contributed by atoms with Gasteiger partial charge in [-0.2, -0.15) is 0 Å². The Morgan fingerprint density at radius 1 is 1.00 bits per heavy atom. The number of fused-ring (bicyclic) bond motifs is 5. The normalized spacial score (nSPS) is 44.7. The number of allylic oxidation sites excluding steroid dienone is 1. The molecule has 3 unspecified atom stereocenters. The molecule has 0 amide bonds. The second-order valence-electron chi connectivity index (χ2n) is 10.3. The van der Waals surface area contributed by atoms with Crippen molar-refractivity contribution in [1.29, 1.82) is 0 Å². The fourth-order valence-corrected chi connectivity index (χ4v) is 7.78. The van der Waals surface area contributed by atoms with Crippen molar-refractivity contribution in [2.24, 2.45) is 22.7 Å². The molecule has 1 aromatic heterocycles. The molecule has 4 aliphatic rings. The zero-order valence-corrected chi connectivity index (χ0v) is 19.0. The molecular formula is C26H38O4. The van der Waals surface area contributed by atoms with Gasteiger partial charge >= 0.3 is 5.63 Å². The quantitative estimate of drug-likeness (QED) is 0.621. The Hall–Kier alpha value is -1.39. The van der Waals surface area contributed by atoms with Gasteiger partial charge in [-0.05, 0) is 86.2 Å². The van der Waals surface area contributed by atoms with Gasteiger partial charge in [0.25, 0.3) is 0 Å². The molecule has 0 saturated heterocycles.